The van der Waals surface area contributed by atoms with E-state index in [4.69, 9.17) is 0 Å². The summed E-state index contributed by atoms with van der Waals surface area (Å²) in [6.45, 7) is 2.12. The standard InChI is InChI=1S/C10H14BrFN2O2S/c1-7(13-2)6-14-17(15,16)10-4-3-8(12)5-9(10)11/h3-5,7,13-14H,6H2,1-2H3. The number of likely N-dealkylation sites (N-methyl/N-ethyl adjacent to an activating group) is 1. The van der Waals surface area contributed by atoms with Gasteiger partial charge in [0.25, 0.3) is 0 Å². The van der Waals surface area contributed by atoms with Gasteiger partial charge in [-0.1, -0.05) is 0 Å². The van der Waals surface area contributed by atoms with E-state index in [9.17, 15) is 12.8 Å². The first kappa shape index (κ1) is 14.6. The minimum Gasteiger partial charge on any atom is -0.316 e. The van der Waals surface area contributed by atoms with Crippen LogP contribution < -0.4 is 10.0 Å². The first-order valence-electron chi connectivity index (χ1n) is 4.99. The van der Waals surface area contributed by atoms with Crippen molar-refractivity contribution in [2.45, 2.75) is 17.9 Å². The van der Waals surface area contributed by atoms with Gasteiger partial charge < -0.3 is 5.32 Å². The Balaban J connectivity index is 2.90. The minimum atomic E-state index is -3.62. The zero-order valence-electron chi connectivity index (χ0n) is 9.50. The molecule has 0 aromatic heterocycles. The smallest absolute Gasteiger partial charge is 0.241 e. The van der Waals surface area contributed by atoms with Crippen molar-refractivity contribution in [3.8, 4) is 0 Å². The number of hydrogen-bond donors (Lipinski definition) is 2. The SMILES string of the molecule is CNC(C)CNS(=O)(=O)c1ccc(F)cc1Br. The molecule has 0 fully saturated rings. The van der Waals surface area contributed by atoms with Gasteiger partial charge in [-0.05, 0) is 48.1 Å². The molecule has 4 nitrogen and oxygen atoms in total. The van der Waals surface area contributed by atoms with Gasteiger partial charge >= 0.3 is 0 Å². The predicted molar refractivity (Wildman–Crippen MR) is 67.8 cm³/mol. The molecular weight excluding hydrogens is 311 g/mol. The van der Waals surface area contributed by atoms with E-state index in [0.717, 1.165) is 12.1 Å². The first-order valence-corrected chi connectivity index (χ1v) is 7.26. The second-order valence-electron chi connectivity index (χ2n) is 3.62. The van der Waals surface area contributed by atoms with Crippen molar-refractivity contribution in [3.05, 3.63) is 28.5 Å². The molecule has 0 aliphatic rings. The monoisotopic (exact) mass is 324 g/mol. The fourth-order valence-electron chi connectivity index (χ4n) is 1.11. The Morgan fingerprint density at radius 1 is 1.47 bits per heavy atom. The normalized spacial score (nSPS) is 13.6. The van der Waals surface area contributed by atoms with E-state index in [-0.39, 0.29) is 22.0 Å². The Labute approximate surface area is 109 Å². The molecule has 0 aliphatic carbocycles. The Bertz CT molecular complexity index is 493. The third kappa shape index (κ3) is 4.02. The Hall–Kier alpha value is -0.500. The summed E-state index contributed by atoms with van der Waals surface area (Å²) in [7, 11) is -1.87. The fourth-order valence-corrected chi connectivity index (χ4v) is 3.29. The molecular formula is C10H14BrFN2O2S. The quantitative estimate of drug-likeness (QED) is 0.862. The average Bonchev–Trinajstić information content (AvgIpc) is 2.25. The summed E-state index contributed by atoms with van der Waals surface area (Å²) < 4.78 is 39.3. The summed E-state index contributed by atoms with van der Waals surface area (Å²) in [4.78, 5) is 0.0298. The molecule has 1 aromatic carbocycles. The molecule has 0 aliphatic heterocycles. The van der Waals surface area contributed by atoms with Crippen molar-refractivity contribution in [2.24, 2.45) is 0 Å². The van der Waals surface area contributed by atoms with Crippen LogP contribution in [0, 0.1) is 5.82 Å². The third-order valence-corrected chi connectivity index (χ3v) is 4.66. The van der Waals surface area contributed by atoms with E-state index >= 15 is 0 Å². The molecule has 0 radical (unpaired) electrons. The molecule has 96 valence electrons. The number of nitrogens with one attached hydrogen (secondary N) is 2. The van der Waals surface area contributed by atoms with Crippen LogP contribution in [0.1, 0.15) is 6.92 Å². The van der Waals surface area contributed by atoms with Crippen LogP contribution in [0.15, 0.2) is 27.6 Å². The lowest BCUT2D eigenvalue weighted by Gasteiger charge is -2.12. The van der Waals surface area contributed by atoms with Crippen LogP contribution in [-0.4, -0.2) is 28.1 Å². The average molecular weight is 325 g/mol. The lowest BCUT2D eigenvalue weighted by molar-refractivity contribution is 0.553. The van der Waals surface area contributed by atoms with Gasteiger partial charge in [0.1, 0.15) is 5.82 Å². The summed E-state index contributed by atoms with van der Waals surface area (Å²) in [6, 6.07) is 3.48. The number of rotatable bonds is 5. The molecule has 1 unspecified atom stereocenters. The maximum atomic E-state index is 12.8. The molecule has 0 saturated carbocycles. The van der Waals surface area contributed by atoms with E-state index in [1.165, 1.54) is 6.07 Å². The molecule has 0 saturated heterocycles. The van der Waals surface area contributed by atoms with Crippen molar-refractivity contribution < 1.29 is 12.8 Å². The van der Waals surface area contributed by atoms with Crippen LogP contribution in [0.2, 0.25) is 0 Å². The number of benzene rings is 1. The lowest BCUT2D eigenvalue weighted by Crippen LogP contribution is -2.37. The fraction of sp³-hybridized carbons (Fsp3) is 0.400. The Morgan fingerprint density at radius 2 is 2.12 bits per heavy atom. The highest BCUT2D eigenvalue weighted by Crippen LogP contribution is 2.22. The lowest BCUT2D eigenvalue weighted by atomic mass is 10.3. The van der Waals surface area contributed by atoms with Crippen molar-refractivity contribution >= 4 is 26.0 Å². The molecule has 0 bridgehead atoms. The van der Waals surface area contributed by atoms with Crippen LogP contribution in [-0.2, 0) is 10.0 Å². The third-order valence-electron chi connectivity index (χ3n) is 2.26. The summed E-state index contributed by atoms with van der Waals surface area (Å²) in [5.41, 5.74) is 0. The molecule has 0 spiro atoms. The van der Waals surface area contributed by atoms with Gasteiger partial charge in [0.15, 0.2) is 0 Å². The second kappa shape index (κ2) is 5.90. The maximum absolute atomic E-state index is 12.8. The molecule has 17 heavy (non-hydrogen) atoms. The van der Waals surface area contributed by atoms with Crippen molar-refractivity contribution in [3.63, 3.8) is 0 Å². The van der Waals surface area contributed by atoms with Crippen molar-refractivity contribution in [1.29, 1.82) is 0 Å². The largest absolute Gasteiger partial charge is 0.316 e. The summed E-state index contributed by atoms with van der Waals surface area (Å²) in [5, 5.41) is 2.91. The molecule has 1 rings (SSSR count). The van der Waals surface area contributed by atoms with E-state index < -0.39 is 15.8 Å². The topological polar surface area (TPSA) is 58.2 Å². The molecule has 0 heterocycles. The van der Waals surface area contributed by atoms with Crippen LogP contribution in [0.3, 0.4) is 0 Å². The zero-order chi connectivity index (χ0) is 13.1. The number of hydrogen-bond acceptors (Lipinski definition) is 3. The van der Waals surface area contributed by atoms with Crippen LogP contribution in [0.5, 0.6) is 0 Å². The Morgan fingerprint density at radius 3 is 2.65 bits per heavy atom. The molecule has 0 amide bonds. The second-order valence-corrected chi connectivity index (χ2v) is 6.21. The van der Waals surface area contributed by atoms with Gasteiger partial charge in [-0.25, -0.2) is 17.5 Å². The molecule has 1 aromatic rings. The molecule has 7 heteroatoms. The summed E-state index contributed by atoms with van der Waals surface area (Å²) in [5.74, 6) is -0.487. The van der Waals surface area contributed by atoms with E-state index in [1.807, 2.05) is 6.92 Å². The van der Waals surface area contributed by atoms with Gasteiger partial charge in [-0.15, -0.1) is 0 Å². The van der Waals surface area contributed by atoms with E-state index in [2.05, 4.69) is 26.0 Å². The highest BCUT2D eigenvalue weighted by Gasteiger charge is 2.18. The van der Waals surface area contributed by atoms with E-state index in [0.29, 0.717) is 0 Å². The van der Waals surface area contributed by atoms with E-state index in [1.54, 1.807) is 7.05 Å². The highest BCUT2D eigenvalue weighted by molar-refractivity contribution is 9.10. The first-order chi connectivity index (χ1) is 7.86. The highest BCUT2D eigenvalue weighted by atomic mass is 79.9. The Kier molecular flexibility index (Phi) is 5.05. The maximum Gasteiger partial charge on any atom is 0.241 e. The number of sulfonamides is 1. The molecule has 2 N–H and O–H groups in total. The van der Waals surface area contributed by atoms with Gasteiger partial charge in [0, 0.05) is 17.1 Å². The van der Waals surface area contributed by atoms with Crippen LogP contribution in [0.4, 0.5) is 4.39 Å². The number of halogens is 2. The van der Waals surface area contributed by atoms with Gasteiger partial charge in [0.2, 0.25) is 10.0 Å². The summed E-state index contributed by atoms with van der Waals surface area (Å²) >= 11 is 3.03. The van der Waals surface area contributed by atoms with Crippen molar-refractivity contribution in [2.75, 3.05) is 13.6 Å². The zero-order valence-corrected chi connectivity index (χ0v) is 11.9. The predicted octanol–water partition coefficient (Wildman–Crippen LogP) is 1.47. The van der Waals surface area contributed by atoms with Gasteiger partial charge in [-0.3, -0.25) is 0 Å². The summed E-state index contributed by atoms with van der Waals surface area (Å²) in [6.07, 6.45) is 0. The van der Waals surface area contributed by atoms with Gasteiger partial charge in [0.05, 0.1) is 4.90 Å². The van der Waals surface area contributed by atoms with Crippen molar-refractivity contribution in [1.82, 2.24) is 10.0 Å². The van der Waals surface area contributed by atoms with Crippen LogP contribution >= 0.6 is 15.9 Å². The molecule has 1 atom stereocenters. The minimum absolute atomic E-state index is 0.0176. The van der Waals surface area contributed by atoms with Crippen LogP contribution in [0.25, 0.3) is 0 Å². The van der Waals surface area contributed by atoms with Gasteiger partial charge in [-0.2, -0.15) is 0 Å².